The van der Waals surface area contributed by atoms with Crippen LogP contribution in [0.3, 0.4) is 0 Å². The SMILES string of the molecule is COc1ccc(OCCOc2ccc(C=C(C#N)C(=O)NCc3ccco3)cc2)cc1. The number of benzene rings is 2. The Morgan fingerprint density at radius 2 is 1.61 bits per heavy atom. The van der Waals surface area contributed by atoms with Crippen molar-refractivity contribution in [2.75, 3.05) is 20.3 Å². The van der Waals surface area contributed by atoms with Gasteiger partial charge in [-0.05, 0) is 60.2 Å². The number of hydrogen-bond donors (Lipinski definition) is 1. The van der Waals surface area contributed by atoms with Crippen molar-refractivity contribution >= 4 is 12.0 Å². The fourth-order valence-electron chi connectivity index (χ4n) is 2.64. The van der Waals surface area contributed by atoms with E-state index < -0.39 is 5.91 Å². The maximum absolute atomic E-state index is 12.2. The van der Waals surface area contributed by atoms with E-state index in [4.69, 9.17) is 18.6 Å². The van der Waals surface area contributed by atoms with E-state index in [1.54, 1.807) is 43.5 Å². The number of ether oxygens (including phenoxy) is 3. The molecule has 0 unspecified atom stereocenters. The second-order valence-electron chi connectivity index (χ2n) is 6.37. The summed E-state index contributed by atoms with van der Waals surface area (Å²) in [6, 6.07) is 19.8. The quantitative estimate of drug-likeness (QED) is 0.304. The number of nitrogens with zero attached hydrogens (tertiary/aromatic N) is 1. The Morgan fingerprint density at radius 1 is 1.00 bits per heavy atom. The Labute approximate surface area is 180 Å². The maximum atomic E-state index is 12.2. The predicted molar refractivity (Wildman–Crippen MR) is 115 cm³/mol. The highest BCUT2D eigenvalue weighted by molar-refractivity contribution is 6.01. The molecule has 1 aromatic heterocycles. The van der Waals surface area contributed by atoms with Crippen molar-refractivity contribution in [1.29, 1.82) is 5.26 Å². The number of methoxy groups -OCH3 is 1. The van der Waals surface area contributed by atoms with Gasteiger partial charge in [-0.3, -0.25) is 4.79 Å². The van der Waals surface area contributed by atoms with Gasteiger partial charge in [0.25, 0.3) is 5.91 Å². The summed E-state index contributed by atoms with van der Waals surface area (Å²) in [4.78, 5) is 12.2. The van der Waals surface area contributed by atoms with Crippen LogP contribution in [0.15, 0.2) is 76.9 Å². The molecule has 0 saturated heterocycles. The molecule has 0 radical (unpaired) electrons. The summed E-state index contributed by atoms with van der Waals surface area (Å²) in [6.45, 7) is 0.985. The molecule has 0 aliphatic carbocycles. The molecule has 1 amide bonds. The van der Waals surface area contributed by atoms with Crippen molar-refractivity contribution in [3.8, 4) is 23.3 Å². The summed E-state index contributed by atoms with van der Waals surface area (Å²) in [5.41, 5.74) is 0.722. The lowest BCUT2D eigenvalue weighted by Gasteiger charge is -2.09. The highest BCUT2D eigenvalue weighted by Gasteiger charge is 2.09. The molecule has 0 spiro atoms. The van der Waals surface area contributed by atoms with E-state index in [9.17, 15) is 10.1 Å². The van der Waals surface area contributed by atoms with E-state index in [2.05, 4.69) is 5.32 Å². The molecule has 0 saturated carbocycles. The molecule has 3 rings (SSSR count). The Balaban J connectivity index is 1.46. The van der Waals surface area contributed by atoms with Gasteiger partial charge in [-0.1, -0.05) is 12.1 Å². The number of furan rings is 1. The number of carbonyl (C=O) groups is 1. The van der Waals surface area contributed by atoms with E-state index in [1.807, 2.05) is 30.3 Å². The largest absolute Gasteiger partial charge is 0.497 e. The lowest BCUT2D eigenvalue weighted by molar-refractivity contribution is -0.117. The normalized spacial score (nSPS) is 10.8. The third kappa shape index (κ3) is 6.68. The Bertz CT molecular complexity index is 1030. The van der Waals surface area contributed by atoms with Crippen molar-refractivity contribution in [2.45, 2.75) is 6.54 Å². The van der Waals surface area contributed by atoms with Gasteiger partial charge >= 0.3 is 0 Å². The van der Waals surface area contributed by atoms with E-state index in [-0.39, 0.29) is 12.1 Å². The van der Waals surface area contributed by atoms with Crippen LogP contribution in [0.25, 0.3) is 6.08 Å². The number of carbonyl (C=O) groups excluding carboxylic acids is 1. The van der Waals surface area contributed by atoms with Crippen LogP contribution in [0.4, 0.5) is 0 Å². The molecule has 158 valence electrons. The highest BCUT2D eigenvalue weighted by atomic mass is 16.5. The minimum absolute atomic E-state index is 0.00751. The first kappa shape index (κ1) is 21.5. The van der Waals surface area contributed by atoms with Crippen LogP contribution in [-0.4, -0.2) is 26.2 Å². The molecule has 7 nitrogen and oxygen atoms in total. The first-order valence-electron chi connectivity index (χ1n) is 9.60. The van der Waals surface area contributed by atoms with E-state index in [1.165, 1.54) is 12.3 Å². The molecule has 31 heavy (non-hydrogen) atoms. The summed E-state index contributed by atoms with van der Waals surface area (Å²) in [5.74, 6) is 2.32. The van der Waals surface area contributed by atoms with Crippen molar-refractivity contribution in [2.24, 2.45) is 0 Å². The zero-order valence-electron chi connectivity index (χ0n) is 17.0. The molecule has 0 bridgehead atoms. The van der Waals surface area contributed by atoms with Crippen molar-refractivity contribution in [3.63, 3.8) is 0 Å². The summed E-state index contributed by atoms with van der Waals surface area (Å²) in [5, 5.41) is 11.9. The standard InChI is InChI=1S/C24H22N2O5/c1-28-20-8-10-22(11-9-20)31-14-13-30-21-6-4-18(5-7-21)15-19(16-25)24(27)26-17-23-3-2-12-29-23/h2-12,15H,13-14,17H2,1H3,(H,26,27). The van der Waals surface area contributed by atoms with Gasteiger partial charge < -0.3 is 23.9 Å². The topological polar surface area (TPSA) is 93.7 Å². The first-order chi connectivity index (χ1) is 15.2. The van der Waals surface area contributed by atoms with Crippen molar-refractivity contribution < 1.29 is 23.4 Å². The molecule has 3 aromatic rings. The van der Waals surface area contributed by atoms with Crippen LogP contribution in [-0.2, 0) is 11.3 Å². The predicted octanol–water partition coefficient (Wildman–Crippen LogP) is 3.97. The number of nitriles is 1. The molecule has 2 aromatic carbocycles. The molecular weight excluding hydrogens is 396 g/mol. The molecule has 1 heterocycles. The minimum Gasteiger partial charge on any atom is -0.497 e. The van der Waals surface area contributed by atoms with E-state index in [0.717, 1.165) is 11.5 Å². The number of amides is 1. The van der Waals surface area contributed by atoms with Gasteiger partial charge in [-0.25, -0.2) is 0 Å². The number of nitrogens with one attached hydrogen (secondary N) is 1. The van der Waals surface area contributed by atoms with Gasteiger partial charge in [0, 0.05) is 0 Å². The Morgan fingerprint density at radius 3 is 2.16 bits per heavy atom. The second-order valence-corrected chi connectivity index (χ2v) is 6.37. The van der Waals surface area contributed by atoms with Gasteiger partial charge in [-0.2, -0.15) is 5.26 Å². The van der Waals surface area contributed by atoms with Gasteiger partial charge in [0.15, 0.2) is 0 Å². The number of rotatable bonds is 10. The molecule has 0 fully saturated rings. The van der Waals surface area contributed by atoms with Crippen molar-refractivity contribution in [1.82, 2.24) is 5.32 Å². The van der Waals surface area contributed by atoms with Crippen LogP contribution in [0.5, 0.6) is 17.2 Å². The second kappa shape index (κ2) is 11.1. The van der Waals surface area contributed by atoms with Crippen LogP contribution in [0, 0.1) is 11.3 Å². The lowest BCUT2D eigenvalue weighted by atomic mass is 10.1. The summed E-state index contributed by atoms with van der Waals surface area (Å²) >= 11 is 0. The van der Waals surface area contributed by atoms with Crippen LogP contribution < -0.4 is 19.5 Å². The Kier molecular flexibility index (Phi) is 7.72. The van der Waals surface area contributed by atoms with Crippen molar-refractivity contribution in [3.05, 3.63) is 83.8 Å². The van der Waals surface area contributed by atoms with Gasteiger partial charge in [-0.15, -0.1) is 0 Å². The zero-order valence-corrected chi connectivity index (χ0v) is 17.0. The summed E-state index contributed by atoms with van der Waals surface area (Å²) in [6.07, 6.45) is 3.05. The molecule has 7 heteroatoms. The minimum atomic E-state index is -0.463. The molecule has 0 atom stereocenters. The monoisotopic (exact) mass is 418 g/mol. The van der Waals surface area contributed by atoms with E-state index in [0.29, 0.717) is 30.3 Å². The molecule has 1 N–H and O–H groups in total. The van der Waals surface area contributed by atoms with Crippen LogP contribution in [0.2, 0.25) is 0 Å². The number of hydrogen-bond acceptors (Lipinski definition) is 6. The summed E-state index contributed by atoms with van der Waals surface area (Å²) < 4.78 is 21.5. The molecular formula is C24H22N2O5. The lowest BCUT2D eigenvalue weighted by Crippen LogP contribution is -2.23. The third-order valence-corrected chi connectivity index (χ3v) is 4.24. The van der Waals surface area contributed by atoms with Gasteiger partial charge in [0.2, 0.25) is 0 Å². The van der Waals surface area contributed by atoms with Gasteiger partial charge in [0.05, 0.1) is 19.9 Å². The maximum Gasteiger partial charge on any atom is 0.262 e. The highest BCUT2D eigenvalue weighted by Crippen LogP contribution is 2.18. The fraction of sp³-hybridized carbons (Fsp3) is 0.167. The smallest absolute Gasteiger partial charge is 0.262 e. The Hall–Kier alpha value is -4.18. The zero-order chi connectivity index (χ0) is 21.9. The first-order valence-corrected chi connectivity index (χ1v) is 9.60. The van der Waals surface area contributed by atoms with Crippen LogP contribution in [0.1, 0.15) is 11.3 Å². The fourth-order valence-corrected chi connectivity index (χ4v) is 2.64. The van der Waals surface area contributed by atoms with E-state index >= 15 is 0 Å². The van der Waals surface area contributed by atoms with Crippen LogP contribution >= 0.6 is 0 Å². The third-order valence-electron chi connectivity index (χ3n) is 4.24. The molecule has 0 aliphatic heterocycles. The average Bonchev–Trinajstić information content (AvgIpc) is 3.34. The van der Waals surface area contributed by atoms with Gasteiger partial charge in [0.1, 0.15) is 47.9 Å². The average molecular weight is 418 g/mol. The molecule has 0 aliphatic rings. The summed E-state index contributed by atoms with van der Waals surface area (Å²) in [7, 11) is 1.61.